The molecule has 0 unspecified atom stereocenters. The summed E-state index contributed by atoms with van der Waals surface area (Å²) in [7, 11) is 0. The number of hydrogen-bond acceptors (Lipinski definition) is 3. The van der Waals surface area contributed by atoms with Crippen molar-refractivity contribution in [3.05, 3.63) is 40.9 Å². The molecule has 0 aliphatic heterocycles. The lowest BCUT2D eigenvalue weighted by atomic mass is 10.1. The van der Waals surface area contributed by atoms with E-state index >= 15 is 0 Å². The predicted molar refractivity (Wildman–Crippen MR) is 103 cm³/mol. The van der Waals surface area contributed by atoms with Gasteiger partial charge in [0.25, 0.3) is 0 Å². The first-order valence-corrected chi connectivity index (χ1v) is 9.24. The number of nitrogens with one attached hydrogen (secondary N) is 1. The van der Waals surface area contributed by atoms with Crippen molar-refractivity contribution in [2.45, 2.75) is 59.0 Å². The molecular weight excluding hydrogens is 338 g/mol. The quantitative estimate of drug-likeness (QED) is 0.590. The van der Waals surface area contributed by atoms with Crippen LogP contribution in [-0.2, 0) is 11.2 Å². The highest BCUT2D eigenvalue weighted by Gasteiger charge is 2.15. The minimum absolute atomic E-state index is 0.386. The van der Waals surface area contributed by atoms with Crippen molar-refractivity contribution in [2.24, 2.45) is 0 Å². The summed E-state index contributed by atoms with van der Waals surface area (Å²) >= 11 is 5.87. The van der Waals surface area contributed by atoms with Crippen molar-refractivity contribution in [1.29, 1.82) is 0 Å². The zero-order valence-electron chi connectivity index (χ0n) is 15.7. The molecule has 0 atom stereocenters. The Bertz CT molecular complexity index is 547. The number of ether oxygens (including phenoxy) is 2. The van der Waals surface area contributed by atoms with Gasteiger partial charge in [-0.15, -0.1) is 0 Å². The lowest BCUT2D eigenvalue weighted by Gasteiger charge is -2.20. The van der Waals surface area contributed by atoms with E-state index in [4.69, 9.17) is 21.1 Å². The molecule has 0 aliphatic rings. The Balaban J connectivity index is 2.38. The standard InChI is InChI=1S/C20H30ClNO3/c1-5-6-13-24-18-11-9-16(10-12-18)7-8-17(14-21)15-22-19(23)25-20(2,3)4/h9-12,14H,5-8,13,15H2,1-4H3,(H,22,23). The van der Waals surface area contributed by atoms with Crippen LogP contribution in [0.15, 0.2) is 35.4 Å². The predicted octanol–water partition coefficient (Wildman–Crippen LogP) is 5.45. The molecule has 0 spiro atoms. The first-order chi connectivity index (χ1) is 11.8. The van der Waals surface area contributed by atoms with Crippen LogP contribution in [0.3, 0.4) is 0 Å². The molecule has 1 aromatic carbocycles. The molecule has 0 bridgehead atoms. The minimum Gasteiger partial charge on any atom is -0.494 e. The summed E-state index contributed by atoms with van der Waals surface area (Å²) in [6.45, 7) is 8.79. The average Bonchev–Trinajstić information content (AvgIpc) is 2.55. The van der Waals surface area contributed by atoms with Gasteiger partial charge in [0.15, 0.2) is 0 Å². The van der Waals surface area contributed by atoms with Crippen molar-refractivity contribution < 1.29 is 14.3 Å². The number of carbonyl (C=O) groups is 1. The fraction of sp³-hybridized carbons (Fsp3) is 0.550. The lowest BCUT2D eigenvalue weighted by molar-refractivity contribution is 0.0532. The van der Waals surface area contributed by atoms with Crippen LogP contribution in [0.1, 0.15) is 52.5 Å². The normalized spacial score (nSPS) is 12.0. The van der Waals surface area contributed by atoms with Gasteiger partial charge in [-0.1, -0.05) is 37.1 Å². The maximum Gasteiger partial charge on any atom is 0.407 e. The summed E-state index contributed by atoms with van der Waals surface area (Å²) in [5.74, 6) is 0.900. The Hall–Kier alpha value is -1.68. The second kappa shape index (κ2) is 11.0. The first-order valence-electron chi connectivity index (χ1n) is 8.80. The zero-order valence-corrected chi connectivity index (χ0v) is 16.5. The topological polar surface area (TPSA) is 47.6 Å². The maximum atomic E-state index is 11.7. The number of benzene rings is 1. The van der Waals surface area contributed by atoms with Gasteiger partial charge in [-0.05, 0) is 63.3 Å². The molecule has 1 N–H and O–H groups in total. The molecule has 0 radical (unpaired) electrons. The van der Waals surface area contributed by atoms with Gasteiger partial charge in [0.2, 0.25) is 0 Å². The average molecular weight is 368 g/mol. The number of alkyl carbamates (subject to hydrolysis) is 1. The second-order valence-corrected chi connectivity index (χ2v) is 7.19. The third-order valence-corrected chi connectivity index (χ3v) is 3.75. The van der Waals surface area contributed by atoms with E-state index in [2.05, 4.69) is 24.4 Å². The van der Waals surface area contributed by atoms with E-state index < -0.39 is 11.7 Å². The number of halogens is 1. The Morgan fingerprint density at radius 2 is 1.92 bits per heavy atom. The van der Waals surface area contributed by atoms with Gasteiger partial charge >= 0.3 is 6.09 Å². The van der Waals surface area contributed by atoms with Gasteiger partial charge in [-0.3, -0.25) is 0 Å². The van der Waals surface area contributed by atoms with E-state index in [-0.39, 0.29) is 0 Å². The van der Waals surface area contributed by atoms with Crippen LogP contribution in [0.4, 0.5) is 4.79 Å². The Morgan fingerprint density at radius 1 is 1.24 bits per heavy atom. The van der Waals surface area contributed by atoms with Crippen LogP contribution in [0, 0.1) is 0 Å². The van der Waals surface area contributed by atoms with Gasteiger partial charge in [0.1, 0.15) is 11.4 Å². The van der Waals surface area contributed by atoms with E-state index in [1.807, 2.05) is 32.9 Å². The molecular formula is C20H30ClNO3. The molecule has 0 saturated heterocycles. The van der Waals surface area contributed by atoms with Crippen LogP contribution in [0.5, 0.6) is 5.75 Å². The first kappa shape index (κ1) is 21.4. The largest absolute Gasteiger partial charge is 0.494 e. The molecule has 1 aromatic rings. The van der Waals surface area contributed by atoms with Crippen LogP contribution in [-0.4, -0.2) is 24.8 Å². The molecule has 0 fully saturated rings. The monoisotopic (exact) mass is 367 g/mol. The number of unbranched alkanes of at least 4 members (excludes halogenated alkanes) is 1. The molecule has 0 heterocycles. The number of rotatable bonds is 9. The van der Waals surface area contributed by atoms with Crippen molar-refractivity contribution in [1.82, 2.24) is 5.32 Å². The Kier molecular flexibility index (Phi) is 9.43. The van der Waals surface area contributed by atoms with Crippen molar-refractivity contribution in [3.63, 3.8) is 0 Å². The summed E-state index contributed by atoms with van der Waals surface area (Å²) in [5, 5.41) is 2.73. The second-order valence-electron chi connectivity index (χ2n) is 6.97. The van der Waals surface area contributed by atoms with Gasteiger partial charge < -0.3 is 14.8 Å². The molecule has 1 amide bonds. The van der Waals surface area contributed by atoms with E-state index in [1.54, 1.807) is 0 Å². The van der Waals surface area contributed by atoms with Crippen LogP contribution in [0.25, 0.3) is 0 Å². The molecule has 4 nitrogen and oxygen atoms in total. The Labute approximate surface area is 156 Å². The number of aryl methyl sites for hydroxylation is 1. The lowest BCUT2D eigenvalue weighted by Crippen LogP contribution is -2.33. The number of hydrogen-bond donors (Lipinski definition) is 1. The highest BCUT2D eigenvalue weighted by molar-refractivity contribution is 6.25. The SMILES string of the molecule is CCCCOc1ccc(CCC(=CCl)CNC(=O)OC(C)(C)C)cc1. The van der Waals surface area contributed by atoms with Crippen LogP contribution in [0.2, 0.25) is 0 Å². The summed E-state index contributed by atoms with van der Waals surface area (Å²) in [5.41, 5.74) is 3.18. The van der Waals surface area contributed by atoms with Crippen LogP contribution < -0.4 is 10.1 Å². The maximum absolute atomic E-state index is 11.7. The fourth-order valence-corrected chi connectivity index (χ4v) is 2.26. The molecule has 1 rings (SSSR count). The van der Waals surface area contributed by atoms with Crippen LogP contribution >= 0.6 is 11.6 Å². The van der Waals surface area contributed by atoms with Crippen molar-refractivity contribution >= 4 is 17.7 Å². The molecule has 25 heavy (non-hydrogen) atoms. The third kappa shape index (κ3) is 10.0. The third-order valence-electron chi connectivity index (χ3n) is 3.44. The summed E-state index contributed by atoms with van der Waals surface area (Å²) < 4.78 is 10.9. The molecule has 140 valence electrons. The van der Waals surface area contributed by atoms with Gasteiger partial charge in [-0.2, -0.15) is 0 Å². The summed E-state index contributed by atoms with van der Waals surface area (Å²) in [6, 6.07) is 8.12. The van der Waals surface area contributed by atoms with E-state index in [0.29, 0.717) is 6.54 Å². The molecule has 5 heteroatoms. The van der Waals surface area contributed by atoms with E-state index in [9.17, 15) is 4.79 Å². The zero-order chi connectivity index (χ0) is 18.7. The van der Waals surface area contributed by atoms with Crippen molar-refractivity contribution in [2.75, 3.05) is 13.2 Å². The van der Waals surface area contributed by atoms with Gasteiger partial charge in [0.05, 0.1) is 6.61 Å². The number of amides is 1. The summed E-state index contributed by atoms with van der Waals surface area (Å²) in [4.78, 5) is 11.7. The van der Waals surface area contributed by atoms with Gasteiger partial charge in [0, 0.05) is 12.1 Å². The molecule has 0 saturated carbocycles. The highest BCUT2D eigenvalue weighted by Crippen LogP contribution is 2.16. The molecule has 0 aromatic heterocycles. The summed E-state index contributed by atoms with van der Waals surface area (Å²) in [6.07, 6.45) is 3.38. The highest BCUT2D eigenvalue weighted by atomic mass is 35.5. The number of carbonyl (C=O) groups excluding carboxylic acids is 1. The fourth-order valence-electron chi connectivity index (χ4n) is 2.07. The molecule has 0 aliphatic carbocycles. The van der Waals surface area contributed by atoms with Crippen molar-refractivity contribution in [3.8, 4) is 5.75 Å². The Morgan fingerprint density at radius 3 is 2.48 bits per heavy atom. The smallest absolute Gasteiger partial charge is 0.407 e. The minimum atomic E-state index is -0.504. The van der Waals surface area contributed by atoms with E-state index in [1.165, 1.54) is 11.1 Å². The van der Waals surface area contributed by atoms with Gasteiger partial charge in [-0.25, -0.2) is 4.79 Å². The van der Waals surface area contributed by atoms with E-state index in [0.717, 1.165) is 43.6 Å².